The highest BCUT2D eigenvalue weighted by Gasteiger charge is 2.27. The van der Waals surface area contributed by atoms with Crippen molar-refractivity contribution in [3.63, 3.8) is 0 Å². The Hall–Kier alpha value is -2.53. The van der Waals surface area contributed by atoms with E-state index in [0.29, 0.717) is 25.0 Å². The van der Waals surface area contributed by atoms with Crippen molar-refractivity contribution >= 4 is 11.8 Å². The van der Waals surface area contributed by atoms with Crippen molar-refractivity contribution in [3.8, 4) is 0 Å². The van der Waals surface area contributed by atoms with E-state index in [-0.39, 0.29) is 6.09 Å². The summed E-state index contributed by atoms with van der Waals surface area (Å²) in [6, 6.07) is 17.9. The van der Waals surface area contributed by atoms with E-state index in [1.165, 1.54) is 74.8 Å². The molecule has 0 spiro atoms. The van der Waals surface area contributed by atoms with Crippen molar-refractivity contribution in [2.24, 2.45) is 0 Å². The fraction of sp³-hybridized carbons (Fsp3) is 0.618. The summed E-state index contributed by atoms with van der Waals surface area (Å²) in [4.78, 5) is 19.6. The Balaban J connectivity index is 1.37. The van der Waals surface area contributed by atoms with Crippen molar-refractivity contribution in [1.29, 1.82) is 0 Å². The van der Waals surface area contributed by atoms with E-state index in [0.717, 1.165) is 31.1 Å². The third-order valence-electron chi connectivity index (χ3n) is 9.06. The highest BCUT2D eigenvalue weighted by Crippen LogP contribution is 2.35. The van der Waals surface area contributed by atoms with E-state index in [1.54, 1.807) is 4.90 Å². The van der Waals surface area contributed by atoms with E-state index >= 15 is 0 Å². The molecule has 214 valence electrons. The summed E-state index contributed by atoms with van der Waals surface area (Å²) in [7, 11) is 1.85. The molecule has 0 unspecified atom stereocenters. The lowest BCUT2D eigenvalue weighted by Gasteiger charge is -2.39. The van der Waals surface area contributed by atoms with Crippen LogP contribution in [-0.2, 0) is 11.3 Å². The first kappa shape index (κ1) is 29.5. The number of hydrogen-bond acceptors (Lipinski definition) is 4. The van der Waals surface area contributed by atoms with Gasteiger partial charge in [-0.2, -0.15) is 0 Å². The molecule has 1 amide bonds. The van der Waals surface area contributed by atoms with Crippen molar-refractivity contribution in [2.75, 3.05) is 44.7 Å². The molecule has 4 rings (SSSR count). The highest BCUT2D eigenvalue weighted by atomic mass is 16.6. The molecule has 1 saturated carbocycles. The van der Waals surface area contributed by atoms with Crippen LogP contribution in [0.15, 0.2) is 48.5 Å². The Labute approximate surface area is 237 Å². The van der Waals surface area contributed by atoms with Crippen LogP contribution in [0, 0.1) is 0 Å². The Morgan fingerprint density at radius 3 is 2.33 bits per heavy atom. The zero-order valence-corrected chi connectivity index (χ0v) is 24.9. The van der Waals surface area contributed by atoms with Gasteiger partial charge in [0.25, 0.3) is 0 Å². The van der Waals surface area contributed by atoms with Crippen LogP contribution in [0.5, 0.6) is 0 Å². The smallest absolute Gasteiger partial charge is 0.409 e. The van der Waals surface area contributed by atoms with Crippen LogP contribution < -0.4 is 4.90 Å². The summed E-state index contributed by atoms with van der Waals surface area (Å²) in [5.74, 6) is 0.914. The average molecular weight is 534 g/mol. The molecule has 1 heterocycles. The Morgan fingerprint density at radius 2 is 1.64 bits per heavy atom. The molecule has 5 heteroatoms. The standard InChI is InChI=1S/C34H51N3O2/c1-5-6-12-27(2)33-25-31(37-23-21-36(22-24-37)30-15-10-11-16-30)17-18-32(33)28(3)19-20-35(4)34(38)39-26-29-13-8-7-9-14-29/h7-9,13-14,17-18,25,27-28,30H,5-6,10-12,15-16,19-24,26H2,1-4H3/t27-,28+/m0/s1. The van der Waals surface area contributed by atoms with E-state index in [4.69, 9.17) is 4.74 Å². The van der Waals surface area contributed by atoms with Crippen LogP contribution in [0.1, 0.15) is 101 Å². The summed E-state index contributed by atoms with van der Waals surface area (Å²) >= 11 is 0. The number of piperazine rings is 1. The summed E-state index contributed by atoms with van der Waals surface area (Å²) < 4.78 is 5.54. The molecule has 0 N–H and O–H groups in total. The maximum Gasteiger partial charge on any atom is 0.409 e. The monoisotopic (exact) mass is 533 g/mol. The third-order valence-corrected chi connectivity index (χ3v) is 9.06. The van der Waals surface area contributed by atoms with Gasteiger partial charge in [-0.25, -0.2) is 4.79 Å². The number of carbonyl (C=O) groups excluding carboxylic acids is 1. The number of rotatable bonds is 12. The van der Waals surface area contributed by atoms with Gasteiger partial charge in [0.05, 0.1) is 0 Å². The predicted octanol–water partition coefficient (Wildman–Crippen LogP) is 7.81. The molecule has 1 saturated heterocycles. The second-order valence-electron chi connectivity index (χ2n) is 12.0. The second kappa shape index (κ2) is 14.7. The van der Waals surface area contributed by atoms with Gasteiger partial charge in [0.1, 0.15) is 6.61 Å². The zero-order valence-electron chi connectivity index (χ0n) is 24.9. The topological polar surface area (TPSA) is 36.0 Å². The number of amides is 1. The summed E-state index contributed by atoms with van der Waals surface area (Å²) in [6.07, 6.45) is 9.99. The fourth-order valence-electron chi connectivity index (χ4n) is 6.38. The molecule has 0 radical (unpaired) electrons. The van der Waals surface area contributed by atoms with E-state index in [2.05, 4.69) is 48.8 Å². The van der Waals surface area contributed by atoms with Gasteiger partial charge in [0, 0.05) is 51.5 Å². The molecule has 2 fully saturated rings. The lowest BCUT2D eigenvalue weighted by atomic mass is 9.85. The first-order chi connectivity index (χ1) is 19.0. The molecule has 1 aliphatic heterocycles. The largest absolute Gasteiger partial charge is 0.445 e. The Morgan fingerprint density at radius 1 is 0.949 bits per heavy atom. The summed E-state index contributed by atoms with van der Waals surface area (Å²) in [6.45, 7) is 12.6. The number of nitrogens with zero attached hydrogens (tertiary/aromatic N) is 3. The molecule has 2 aromatic carbocycles. The number of hydrogen-bond donors (Lipinski definition) is 0. The minimum absolute atomic E-state index is 0.255. The van der Waals surface area contributed by atoms with Gasteiger partial charge in [-0.15, -0.1) is 0 Å². The van der Waals surface area contributed by atoms with Gasteiger partial charge in [0.2, 0.25) is 0 Å². The second-order valence-corrected chi connectivity index (χ2v) is 12.0. The first-order valence-corrected chi connectivity index (χ1v) is 15.5. The van der Waals surface area contributed by atoms with Crippen LogP contribution in [0.25, 0.3) is 0 Å². The quantitative estimate of drug-likeness (QED) is 0.279. The maximum atomic E-state index is 12.6. The minimum atomic E-state index is -0.255. The van der Waals surface area contributed by atoms with Crippen molar-refractivity contribution in [2.45, 2.75) is 96.6 Å². The van der Waals surface area contributed by atoms with Gasteiger partial charge >= 0.3 is 6.09 Å². The molecular formula is C34H51N3O2. The number of benzene rings is 2. The summed E-state index contributed by atoms with van der Waals surface area (Å²) in [5.41, 5.74) is 5.34. The molecule has 1 aliphatic carbocycles. The molecule has 2 atom stereocenters. The molecule has 0 aromatic heterocycles. The molecule has 2 aliphatic rings. The van der Waals surface area contributed by atoms with Gasteiger partial charge in [0.15, 0.2) is 0 Å². The molecule has 5 nitrogen and oxygen atoms in total. The maximum absolute atomic E-state index is 12.6. The lowest BCUT2D eigenvalue weighted by molar-refractivity contribution is 0.104. The minimum Gasteiger partial charge on any atom is -0.445 e. The van der Waals surface area contributed by atoms with E-state index < -0.39 is 0 Å². The van der Waals surface area contributed by atoms with Crippen LogP contribution >= 0.6 is 0 Å². The number of anilines is 1. The normalized spacial score (nSPS) is 18.2. The van der Waals surface area contributed by atoms with E-state index in [9.17, 15) is 4.79 Å². The SMILES string of the molecule is CCCC[C@H](C)c1cc(N2CCN(C3CCCC3)CC2)ccc1[C@H](C)CCN(C)C(=O)OCc1ccccc1. The zero-order chi connectivity index (χ0) is 27.6. The molecule has 39 heavy (non-hydrogen) atoms. The van der Waals surface area contributed by atoms with Crippen LogP contribution in [0.3, 0.4) is 0 Å². The van der Waals surface area contributed by atoms with Crippen LogP contribution in [0.4, 0.5) is 10.5 Å². The summed E-state index contributed by atoms with van der Waals surface area (Å²) in [5, 5.41) is 0. The number of carbonyl (C=O) groups is 1. The Bertz CT molecular complexity index is 1010. The third kappa shape index (κ3) is 8.23. The number of unbranched alkanes of at least 4 members (excludes halogenated alkanes) is 1. The van der Waals surface area contributed by atoms with Crippen molar-refractivity contribution in [3.05, 3.63) is 65.2 Å². The molecule has 2 aromatic rings. The van der Waals surface area contributed by atoms with Crippen molar-refractivity contribution < 1.29 is 9.53 Å². The highest BCUT2D eigenvalue weighted by molar-refractivity contribution is 5.67. The van der Waals surface area contributed by atoms with Gasteiger partial charge in [-0.3, -0.25) is 4.90 Å². The van der Waals surface area contributed by atoms with Crippen LogP contribution in [0.2, 0.25) is 0 Å². The van der Waals surface area contributed by atoms with Gasteiger partial charge < -0.3 is 14.5 Å². The Kier molecular flexibility index (Phi) is 11.1. The average Bonchev–Trinajstić information content (AvgIpc) is 3.53. The van der Waals surface area contributed by atoms with Gasteiger partial charge in [-0.05, 0) is 66.3 Å². The molecular weight excluding hydrogens is 482 g/mol. The first-order valence-electron chi connectivity index (χ1n) is 15.5. The lowest BCUT2D eigenvalue weighted by Crippen LogP contribution is -2.49. The van der Waals surface area contributed by atoms with E-state index in [1.807, 2.05) is 37.4 Å². The molecule has 0 bridgehead atoms. The fourth-order valence-corrected chi connectivity index (χ4v) is 6.38. The van der Waals surface area contributed by atoms with Crippen molar-refractivity contribution in [1.82, 2.24) is 9.80 Å². The van der Waals surface area contributed by atoms with Gasteiger partial charge in [-0.1, -0.05) is 82.9 Å². The number of ether oxygens (including phenoxy) is 1. The van der Waals surface area contributed by atoms with Crippen LogP contribution in [-0.4, -0.2) is 61.7 Å². The predicted molar refractivity (Wildman–Crippen MR) is 163 cm³/mol.